The number of ether oxygens (including phenoxy) is 2. The van der Waals surface area contributed by atoms with E-state index in [1.165, 1.54) is 0 Å². The zero-order chi connectivity index (χ0) is 10.7. The maximum absolute atomic E-state index is 11.0. The number of hydrogen-bond acceptors (Lipinski definition) is 3. The van der Waals surface area contributed by atoms with Crippen LogP contribution in [0.1, 0.15) is 12.5 Å². The number of benzene rings is 1. The summed E-state index contributed by atoms with van der Waals surface area (Å²) in [6.45, 7) is 1.85. The minimum absolute atomic E-state index is 0.149. The fourth-order valence-corrected chi connectivity index (χ4v) is 1.55. The van der Waals surface area contributed by atoms with Gasteiger partial charge in [-0.2, -0.15) is 0 Å². The Kier molecular flexibility index (Phi) is 2.34. The molecule has 0 aromatic heterocycles. The summed E-state index contributed by atoms with van der Waals surface area (Å²) in [5.74, 6) is 5.65. The van der Waals surface area contributed by atoms with E-state index < -0.39 is 11.8 Å². The van der Waals surface area contributed by atoms with Crippen LogP contribution in [-0.4, -0.2) is 12.8 Å². The molecule has 3 nitrogen and oxygen atoms in total. The van der Waals surface area contributed by atoms with Crippen molar-refractivity contribution in [2.45, 2.75) is 12.5 Å². The van der Waals surface area contributed by atoms with Crippen molar-refractivity contribution in [1.29, 1.82) is 0 Å². The lowest BCUT2D eigenvalue weighted by Crippen LogP contribution is -2.26. The molecule has 3 heteroatoms. The third kappa shape index (κ3) is 1.66. The predicted octanol–water partition coefficient (Wildman–Crippen LogP) is 2.07. The highest BCUT2D eigenvalue weighted by molar-refractivity contribution is 5.64. The Labute approximate surface area is 88.0 Å². The summed E-state index contributed by atoms with van der Waals surface area (Å²) in [5, 5.41) is 0. The molecule has 1 atom stereocenters. The molecule has 1 unspecified atom stereocenters. The van der Waals surface area contributed by atoms with Crippen molar-refractivity contribution in [2.75, 3.05) is 6.61 Å². The van der Waals surface area contributed by atoms with Crippen LogP contribution in [0.15, 0.2) is 30.3 Å². The number of carbonyl (C=O) groups excluding carboxylic acids is 1. The Balaban J connectivity index is 2.43. The molecule has 1 aromatic carbocycles. The van der Waals surface area contributed by atoms with E-state index in [-0.39, 0.29) is 6.61 Å². The lowest BCUT2D eigenvalue weighted by Gasteiger charge is -2.18. The number of carbonyl (C=O) groups is 1. The lowest BCUT2D eigenvalue weighted by molar-refractivity contribution is 0.0939. The summed E-state index contributed by atoms with van der Waals surface area (Å²) in [7, 11) is 0. The van der Waals surface area contributed by atoms with Gasteiger partial charge in [0.15, 0.2) is 6.61 Å². The molecule has 0 saturated carbocycles. The second-order valence-corrected chi connectivity index (χ2v) is 3.21. The van der Waals surface area contributed by atoms with Gasteiger partial charge in [0, 0.05) is 5.56 Å². The van der Waals surface area contributed by atoms with Crippen molar-refractivity contribution < 1.29 is 14.3 Å². The molecular weight excluding hydrogens is 192 g/mol. The molecule has 0 N–H and O–H groups in total. The first-order valence-corrected chi connectivity index (χ1v) is 4.62. The van der Waals surface area contributed by atoms with Crippen LogP contribution >= 0.6 is 0 Å². The zero-order valence-corrected chi connectivity index (χ0v) is 8.32. The second-order valence-electron chi connectivity index (χ2n) is 3.21. The maximum atomic E-state index is 11.0. The zero-order valence-electron chi connectivity index (χ0n) is 8.32. The van der Waals surface area contributed by atoms with Crippen molar-refractivity contribution >= 4 is 6.16 Å². The Morgan fingerprint density at radius 2 is 2.07 bits per heavy atom. The molecule has 1 aliphatic heterocycles. The van der Waals surface area contributed by atoms with Crippen LogP contribution in [-0.2, 0) is 15.1 Å². The van der Waals surface area contributed by atoms with Gasteiger partial charge in [0.2, 0.25) is 5.60 Å². The van der Waals surface area contributed by atoms with Crippen LogP contribution in [0.5, 0.6) is 0 Å². The summed E-state index contributed by atoms with van der Waals surface area (Å²) in [5.41, 5.74) is -0.0854. The molecule has 0 bridgehead atoms. The highest BCUT2D eigenvalue weighted by atomic mass is 16.8. The molecular formula is C12H10O3. The molecule has 2 rings (SSSR count). The summed E-state index contributed by atoms with van der Waals surface area (Å²) in [6, 6.07) is 9.38. The quantitative estimate of drug-likeness (QED) is 0.516. The topological polar surface area (TPSA) is 35.5 Å². The smallest absolute Gasteiger partial charge is 0.428 e. The molecule has 1 fully saturated rings. The van der Waals surface area contributed by atoms with Crippen molar-refractivity contribution in [3.63, 3.8) is 0 Å². The third-order valence-electron chi connectivity index (χ3n) is 2.22. The summed E-state index contributed by atoms with van der Waals surface area (Å²) >= 11 is 0. The molecule has 1 saturated heterocycles. The molecule has 15 heavy (non-hydrogen) atoms. The second kappa shape index (κ2) is 3.66. The minimum atomic E-state index is -0.924. The van der Waals surface area contributed by atoms with Gasteiger partial charge in [-0.1, -0.05) is 30.3 Å². The fourth-order valence-electron chi connectivity index (χ4n) is 1.55. The molecule has 0 amide bonds. The fraction of sp³-hybridized carbons (Fsp3) is 0.250. The molecule has 1 aromatic rings. The van der Waals surface area contributed by atoms with Gasteiger partial charge in [0.25, 0.3) is 0 Å². The van der Waals surface area contributed by atoms with E-state index in [0.717, 1.165) is 5.56 Å². The molecule has 0 aliphatic carbocycles. The first kappa shape index (κ1) is 9.60. The van der Waals surface area contributed by atoms with Gasteiger partial charge in [0.05, 0.1) is 0 Å². The highest BCUT2D eigenvalue weighted by Crippen LogP contribution is 2.30. The Morgan fingerprint density at radius 3 is 2.60 bits per heavy atom. The number of rotatable bonds is 1. The van der Waals surface area contributed by atoms with Crippen LogP contribution in [0, 0.1) is 11.8 Å². The Bertz CT molecular complexity index is 427. The van der Waals surface area contributed by atoms with Crippen LogP contribution < -0.4 is 0 Å². The average Bonchev–Trinajstić information content (AvgIpc) is 2.63. The summed E-state index contributed by atoms with van der Waals surface area (Å²) < 4.78 is 9.95. The Morgan fingerprint density at radius 1 is 1.33 bits per heavy atom. The van der Waals surface area contributed by atoms with Gasteiger partial charge in [-0.05, 0) is 12.8 Å². The van der Waals surface area contributed by atoms with Gasteiger partial charge in [-0.15, -0.1) is 5.92 Å². The van der Waals surface area contributed by atoms with Gasteiger partial charge in [-0.25, -0.2) is 4.79 Å². The summed E-state index contributed by atoms with van der Waals surface area (Å²) in [6.07, 6.45) is -0.665. The summed E-state index contributed by atoms with van der Waals surface area (Å²) in [4.78, 5) is 11.0. The van der Waals surface area contributed by atoms with Crippen molar-refractivity contribution in [3.05, 3.63) is 35.9 Å². The van der Waals surface area contributed by atoms with E-state index in [4.69, 9.17) is 9.47 Å². The third-order valence-corrected chi connectivity index (χ3v) is 2.22. The van der Waals surface area contributed by atoms with Crippen LogP contribution in [0.2, 0.25) is 0 Å². The first-order chi connectivity index (χ1) is 7.27. The van der Waals surface area contributed by atoms with Gasteiger partial charge >= 0.3 is 6.16 Å². The maximum Gasteiger partial charge on any atom is 0.510 e. The van der Waals surface area contributed by atoms with E-state index in [0.29, 0.717) is 0 Å². The van der Waals surface area contributed by atoms with Crippen LogP contribution in [0.25, 0.3) is 0 Å². The van der Waals surface area contributed by atoms with Crippen molar-refractivity contribution in [3.8, 4) is 11.8 Å². The lowest BCUT2D eigenvalue weighted by atomic mass is 9.95. The largest absolute Gasteiger partial charge is 0.510 e. The van der Waals surface area contributed by atoms with E-state index >= 15 is 0 Å². The molecule has 0 spiro atoms. The van der Waals surface area contributed by atoms with Crippen LogP contribution in [0.4, 0.5) is 4.79 Å². The standard InChI is InChI=1S/C12H10O3/c1-2-8-12(9-14-11(13)15-12)10-6-4-3-5-7-10/h3-7H,9H2,1H3. The molecule has 76 valence electrons. The van der Waals surface area contributed by atoms with E-state index in [1.807, 2.05) is 30.3 Å². The highest BCUT2D eigenvalue weighted by Gasteiger charge is 2.42. The van der Waals surface area contributed by atoms with E-state index in [9.17, 15) is 4.79 Å². The first-order valence-electron chi connectivity index (χ1n) is 4.62. The van der Waals surface area contributed by atoms with Crippen molar-refractivity contribution in [1.82, 2.24) is 0 Å². The monoisotopic (exact) mass is 202 g/mol. The van der Waals surface area contributed by atoms with Crippen molar-refractivity contribution in [2.24, 2.45) is 0 Å². The van der Waals surface area contributed by atoms with Gasteiger partial charge in [0.1, 0.15) is 0 Å². The number of cyclic esters (lactones) is 2. The van der Waals surface area contributed by atoms with Gasteiger partial charge in [-0.3, -0.25) is 0 Å². The van der Waals surface area contributed by atoms with E-state index in [1.54, 1.807) is 6.92 Å². The van der Waals surface area contributed by atoms with E-state index in [2.05, 4.69) is 11.8 Å². The molecule has 1 heterocycles. The normalized spacial score (nSPS) is 23.7. The molecule has 1 aliphatic rings. The van der Waals surface area contributed by atoms with Gasteiger partial charge < -0.3 is 9.47 Å². The predicted molar refractivity (Wildman–Crippen MR) is 54.0 cm³/mol. The Hall–Kier alpha value is -1.95. The molecule has 0 radical (unpaired) electrons. The van der Waals surface area contributed by atoms with Crippen LogP contribution in [0.3, 0.4) is 0 Å². The average molecular weight is 202 g/mol. The minimum Gasteiger partial charge on any atom is -0.428 e. The SMILES string of the molecule is CC#CC1(c2ccccc2)COC(=O)O1. The number of hydrogen-bond donors (Lipinski definition) is 0.